The number of hydrogen-bond acceptors (Lipinski definition) is 7. The smallest absolute Gasteiger partial charge is 0.238 e. The Kier molecular flexibility index (Phi) is 7.48. The topological polar surface area (TPSA) is 80.7 Å². The number of benzene rings is 1. The third kappa shape index (κ3) is 6.14. The van der Waals surface area contributed by atoms with Gasteiger partial charge in [0.05, 0.1) is 25.1 Å². The Balaban J connectivity index is 1.15. The Morgan fingerprint density at radius 1 is 0.914 bits per heavy atom. The van der Waals surface area contributed by atoms with E-state index >= 15 is 0 Å². The first-order chi connectivity index (χ1) is 17.2. The molecule has 4 heterocycles. The van der Waals surface area contributed by atoms with E-state index in [9.17, 15) is 4.79 Å². The second-order valence-corrected chi connectivity index (χ2v) is 8.92. The molecule has 2 fully saturated rings. The quantitative estimate of drug-likeness (QED) is 0.487. The van der Waals surface area contributed by atoms with Crippen molar-refractivity contribution in [3.8, 4) is 22.8 Å². The number of rotatable bonds is 8. The predicted molar refractivity (Wildman–Crippen MR) is 134 cm³/mol. The van der Waals surface area contributed by atoms with Crippen LogP contribution in [-0.2, 0) is 16.0 Å². The summed E-state index contributed by atoms with van der Waals surface area (Å²) in [6.07, 6.45) is 9.73. The number of nitrogens with zero attached hydrogens (tertiary/aromatic N) is 5. The number of ether oxygens (including phenoxy) is 2. The van der Waals surface area contributed by atoms with Gasteiger partial charge in [-0.05, 0) is 55.5 Å². The number of carbonyl (C=O) groups is 1. The normalized spacial score (nSPS) is 16.4. The number of amides is 1. The molecule has 1 amide bonds. The zero-order chi connectivity index (χ0) is 23.9. The van der Waals surface area contributed by atoms with E-state index < -0.39 is 0 Å². The average molecular weight is 474 g/mol. The maximum Gasteiger partial charge on any atom is 0.238 e. The van der Waals surface area contributed by atoms with E-state index in [1.807, 2.05) is 35.4 Å². The van der Waals surface area contributed by atoms with Gasteiger partial charge in [0.1, 0.15) is 11.6 Å². The summed E-state index contributed by atoms with van der Waals surface area (Å²) in [6.45, 7) is 4.89. The zero-order valence-electron chi connectivity index (χ0n) is 19.9. The number of hydrogen-bond donors (Lipinski definition) is 0. The summed E-state index contributed by atoms with van der Waals surface area (Å²) < 4.78 is 11.4. The van der Waals surface area contributed by atoms with Crippen LogP contribution in [0.1, 0.15) is 31.4 Å². The van der Waals surface area contributed by atoms with E-state index in [0.717, 1.165) is 87.7 Å². The molecule has 0 bridgehead atoms. The van der Waals surface area contributed by atoms with E-state index in [1.165, 1.54) is 0 Å². The van der Waals surface area contributed by atoms with Gasteiger partial charge in [-0.1, -0.05) is 12.1 Å². The fourth-order valence-corrected chi connectivity index (χ4v) is 4.48. The van der Waals surface area contributed by atoms with Crippen LogP contribution in [0.3, 0.4) is 0 Å². The molecule has 0 unspecified atom stereocenters. The second-order valence-electron chi connectivity index (χ2n) is 8.92. The van der Waals surface area contributed by atoms with Crippen molar-refractivity contribution in [2.24, 2.45) is 0 Å². The molecule has 0 spiro atoms. The Hall–Kier alpha value is -3.52. The molecule has 0 saturated carbocycles. The molecule has 3 aromatic rings. The van der Waals surface area contributed by atoms with Gasteiger partial charge in [0.15, 0.2) is 0 Å². The van der Waals surface area contributed by atoms with Gasteiger partial charge >= 0.3 is 0 Å². The highest BCUT2D eigenvalue weighted by atomic mass is 16.5. The maximum atomic E-state index is 12.0. The molecule has 0 aliphatic carbocycles. The Morgan fingerprint density at radius 2 is 1.74 bits per heavy atom. The van der Waals surface area contributed by atoms with Crippen molar-refractivity contribution < 1.29 is 14.3 Å². The van der Waals surface area contributed by atoms with Crippen LogP contribution in [0.25, 0.3) is 11.1 Å². The van der Waals surface area contributed by atoms with Gasteiger partial charge in [-0.25, -0.2) is 9.97 Å². The molecule has 5 rings (SSSR count). The molecule has 35 heavy (non-hydrogen) atoms. The van der Waals surface area contributed by atoms with Crippen LogP contribution in [0.4, 0.5) is 5.82 Å². The lowest BCUT2D eigenvalue weighted by Gasteiger charge is -2.27. The van der Waals surface area contributed by atoms with Crippen LogP contribution in [0.5, 0.6) is 11.6 Å². The lowest BCUT2D eigenvalue weighted by Crippen LogP contribution is -2.36. The molecule has 2 aromatic heterocycles. The Labute approximate surface area is 205 Å². The number of pyridine rings is 1. The van der Waals surface area contributed by atoms with Gasteiger partial charge in [-0.15, -0.1) is 0 Å². The van der Waals surface area contributed by atoms with Gasteiger partial charge in [0.25, 0.3) is 0 Å². The van der Waals surface area contributed by atoms with Gasteiger partial charge in [0.2, 0.25) is 11.8 Å². The molecule has 0 N–H and O–H groups in total. The first-order valence-corrected chi connectivity index (χ1v) is 12.4. The molecule has 0 radical (unpaired) electrons. The predicted octanol–water partition coefficient (Wildman–Crippen LogP) is 4.11. The third-order valence-corrected chi connectivity index (χ3v) is 6.44. The lowest BCUT2D eigenvalue weighted by molar-refractivity contribution is -0.133. The van der Waals surface area contributed by atoms with Crippen molar-refractivity contribution in [2.45, 2.75) is 32.1 Å². The molecule has 2 aliphatic heterocycles. The zero-order valence-corrected chi connectivity index (χ0v) is 19.9. The van der Waals surface area contributed by atoms with Crippen LogP contribution < -0.4 is 9.64 Å². The van der Waals surface area contributed by atoms with E-state index in [0.29, 0.717) is 18.1 Å². The van der Waals surface area contributed by atoms with Crippen molar-refractivity contribution >= 4 is 11.7 Å². The second kappa shape index (κ2) is 11.3. The van der Waals surface area contributed by atoms with Gasteiger partial charge < -0.3 is 19.3 Å². The van der Waals surface area contributed by atoms with Crippen LogP contribution in [0.15, 0.2) is 55.0 Å². The fraction of sp³-hybridized carbons (Fsp3) is 0.407. The summed E-state index contributed by atoms with van der Waals surface area (Å²) >= 11 is 0. The number of anilines is 1. The number of carbonyl (C=O) groups excluding carboxylic acids is 1. The SMILES string of the molecule is O=C1CCCCN1CCCc1cncc(Oc2ccc(-c3ccc(N4CCOCC4)nc3)cc2)n1. The Morgan fingerprint density at radius 3 is 2.51 bits per heavy atom. The van der Waals surface area contributed by atoms with Crippen molar-refractivity contribution in [3.63, 3.8) is 0 Å². The first kappa shape index (κ1) is 23.2. The van der Waals surface area contributed by atoms with Crippen molar-refractivity contribution in [3.05, 3.63) is 60.7 Å². The van der Waals surface area contributed by atoms with Crippen LogP contribution in [-0.4, -0.2) is 65.2 Å². The molecule has 2 aliphatic rings. The first-order valence-electron chi connectivity index (χ1n) is 12.4. The fourth-order valence-electron chi connectivity index (χ4n) is 4.48. The molecule has 8 heteroatoms. The van der Waals surface area contributed by atoms with Crippen LogP contribution in [0, 0.1) is 0 Å². The molecule has 0 atom stereocenters. The molecular formula is C27H31N5O3. The molecule has 8 nitrogen and oxygen atoms in total. The number of aryl methyl sites for hydroxylation is 1. The van der Waals surface area contributed by atoms with Gasteiger partial charge in [-0.3, -0.25) is 9.78 Å². The highest BCUT2D eigenvalue weighted by Gasteiger charge is 2.17. The summed E-state index contributed by atoms with van der Waals surface area (Å²) in [4.78, 5) is 29.7. The molecule has 1 aromatic carbocycles. The summed E-state index contributed by atoms with van der Waals surface area (Å²) in [6, 6.07) is 12.1. The summed E-state index contributed by atoms with van der Waals surface area (Å²) in [5, 5.41) is 0. The Bertz CT molecular complexity index is 1110. The van der Waals surface area contributed by atoms with Crippen LogP contribution >= 0.6 is 0 Å². The number of aromatic nitrogens is 3. The van der Waals surface area contributed by atoms with Gasteiger partial charge in [-0.2, -0.15) is 0 Å². The van der Waals surface area contributed by atoms with E-state index in [2.05, 4.69) is 32.0 Å². The number of piperidine rings is 1. The maximum absolute atomic E-state index is 12.0. The number of likely N-dealkylation sites (tertiary alicyclic amines) is 1. The standard InChI is InChI=1S/C27H31N5O3/c33-27-5-1-2-12-32(27)13-3-4-23-19-28-20-26(30-23)35-24-9-6-21(7-10-24)22-8-11-25(29-18-22)31-14-16-34-17-15-31/h6-11,18-20H,1-5,12-17H2. The minimum atomic E-state index is 0.270. The van der Waals surface area contributed by atoms with Gasteiger partial charge in [0, 0.05) is 50.6 Å². The minimum Gasteiger partial charge on any atom is -0.437 e. The summed E-state index contributed by atoms with van der Waals surface area (Å²) in [5.41, 5.74) is 3.00. The highest BCUT2D eigenvalue weighted by molar-refractivity contribution is 5.76. The minimum absolute atomic E-state index is 0.270. The largest absolute Gasteiger partial charge is 0.437 e. The highest BCUT2D eigenvalue weighted by Crippen LogP contribution is 2.26. The third-order valence-electron chi connectivity index (χ3n) is 6.44. The molecular weight excluding hydrogens is 442 g/mol. The van der Waals surface area contributed by atoms with Crippen molar-refractivity contribution in [1.82, 2.24) is 19.9 Å². The molecule has 182 valence electrons. The summed E-state index contributed by atoms with van der Waals surface area (Å²) in [5.74, 6) is 2.43. The number of morpholine rings is 1. The van der Waals surface area contributed by atoms with E-state index in [4.69, 9.17) is 9.47 Å². The van der Waals surface area contributed by atoms with Crippen molar-refractivity contribution in [2.75, 3.05) is 44.3 Å². The van der Waals surface area contributed by atoms with E-state index in [-0.39, 0.29) is 5.91 Å². The molecule has 2 saturated heterocycles. The lowest BCUT2D eigenvalue weighted by atomic mass is 10.1. The van der Waals surface area contributed by atoms with E-state index in [1.54, 1.807) is 12.4 Å². The summed E-state index contributed by atoms with van der Waals surface area (Å²) in [7, 11) is 0. The van der Waals surface area contributed by atoms with Crippen molar-refractivity contribution in [1.29, 1.82) is 0 Å². The van der Waals surface area contributed by atoms with Crippen LogP contribution in [0.2, 0.25) is 0 Å². The average Bonchev–Trinajstić information content (AvgIpc) is 2.91. The monoisotopic (exact) mass is 473 g/mol.